The summed E-state index contributed by atoms with van der Waals surface area (Å²) >= 11 is 6.03. The number of carbonyl (C=O) groups excluding carboxylic acids is 2. The molecule has 1 atom stereocenters. The Balaban J connectivity index is 1.63. The van der Waals surface area contributed by atoms with Crippen LogP contribution in [0.2, 0.25) is 5.02 Å². The van der Waals surface area contributed by atoms with Crippen LogP contribution in [0.15, 0.2) is 48.5 Å². The van der Waals surface area contributed by atoms with E-state index < -0.39 is 5.54 Å². The van der Waals surface area contributed by atoms with Crippen molar-refractivity contribution in [1.29, 1.82) is 0 Å². The van der Waals surface area contributed by atoms with Gasteiger partial charge < -0.3 is 10.2 Å². The van der Waals surface area contributed by atoms with Crippen LogP contribution >= 0.6 is 11.6 Å². The van der Waals surface area contributed by atoms with Crippen molar-refractivity contribution < 1.29 is 9.59 Å². The van der Waals surface area contributed by atoms with Crippen LogP contribution in [-0.4, -0.2) is 28.3 Å². The van der Waals surface area contributed by atoms with Gasteiger partial charge in [0, 0.05) is 29.6 Å². The molecule has 158 valence electrons. The molecule has 2 amide bonds. The minimum absolute atomic E-state index is 0.0566. The Kier molecular flexibility index (Phi) is 5.88. The van der Waals surface area contributed by atoms with E-state index in [9.17, 15) is 9.59 Å². The van der Waals surface area contributed by atoms with Crippen molar-refractivity contribution in [2.24, 2.45) is 5.92 Å². The molecule has 0 spiro atoms. The number of amides is 2. The van der Waals surface area contributed by atoms with E-state index in [4.69, 9.17) is 11.6 Å². The number of nitrogens with zero attached hydrogens (tertiary/aromatic N) is 1. The Morgan fingerprint density at radius 1 is 1.10 bits per heavy atom. The van der Waals surface area contributed by atoms with Gasteiger partial charge in [-0.1, -0.05) is 48.9 Å². The fraction of sp³-hybridized carbons (Fsp3) is 0.440. The molecule has 4 nitrogen and oxygen atoms in total. The number of halogens is 1. The SMILES string of the molecule is CC1CCC(NC(=O)[C@]2(C)Cc3ccccc3C(=O)N2Cc2ccc(Cl)cc2)CC1. The van der Waals surface area contributed by atoms with E-state index in [2.05, 4.69) is 12.2 Å². The first kappa shape index (κ1) is 20.9. The summed E-state index contributed by atoms with van der Waals surface area (Å²) in [6.45, 7) is 4.54. The molecule has 2 aromatic carbocycles. The van der Waals surface area contributed by atoms with Crippen molar-refractivity contribution in [1.82, 2.24) is 10.2 Å². The molecule has 1 aliphatic carbocycles. The van der Waals surface area contributed by atoms with E-state index in [1.165, 1.54) is 0 Å². The van der Waals surface area contributed by atoms with Crippen molar-refractivity contribution in [2.75, 3.05) is 0 Å². The number of benzene rings is 2. The first-order chi connectivity index (χ1) is 14.4. The molecule has 1 N–H and O–H groups in total. The smallest absolute Gasteiger partial charge is 0.255 e. The van der Waals surface area contributed by atoms with Crippen LogP contribution in [0.3, 0.4) is 0 Å². The molecule has 2 aromatic rings. The summed E-state index contributed by atoms with van der Waals surface area (Å²) < 4.78 is 0. The van der Waals surface area contributed by atoms with Gasteiger partial charge in [-0.2, -0.15) is 0 Å². The van der Waals surface area contributed by atoms with E-state index in [1.807, 2.05) is 55.5 Å². The van der Waals surface area contributed by atoms with E-state index in [0.717, 1.165) is 42.7 Å². The minimum atomic E-state index is -0.936. The summed E-state index contributed by atoms with van der Waals surface area (Å²) in [4.78, 5) is 28.8. The van der Waals surface area contributed by atoms with Crippen LogP contribution in [0.5, 0.6) is 0 Å². The standard InChI is InChI=1S/C25H29ClN2O2/c1-17-7-13-21(14-8-17)27-24(30)25(2)15-19-5-3-4-6-22(19)23(29)28(25)16-18-9-11-20(26)12-10-18/h3-6,9-12,17,21H,7-8,13-16H2,1-2H3,(H,27,30)/t17?,21?,25-/m0/s1. The highest BCUT2D eigenvalue weighted by Gasteiger charge is 2.47. The molecule has 5 heteroatoms. The molecule has 1 aliphatic heterocycles. The Morgan fingerprint density at radius 3 is 2.47 bits per heavy atom. The minimum Gasteiger partial charge on any atom is -0.351 e. The zero-order chi connectivity index (χ0) is 21.3. The quantitative estimate of drug-likeness (QED) is 0.751. The zero-order valence-corrected chi connectivity index (χ0v) is 18.4. The van der Waals surface area contributed by atoms with Crippen LogP contribution in [0.1, 0.15) is 61.0 Å². The second kappa shape index (κ2) is 8.43. The third-order valence-corrected chi connectivity index (χ3v) is 6.97. The normalized spacial score (nSPS) is 26.2. The van der Waals surface area contributed by atoms with E-state index in [-0.39, 0.29) is 17.9 Å². The molecule has 0 bridgehead atoms. The lowest BCUT2D eigenvalue weighted by Crippen LogP contribution is -2.63. The topological polar surface area (TPSA) is 49.4 Å². The largest absolute Gasteiger partial charge is 0.351 e. The van der Waals surface area contributed by atoms with Crippen LogP contribution in [0.25, 0.3) is 0 Å². The lowest BCUT2D eigenvalue weighted by molar-refractivity contribution is -0.133. The molecular formula is C25H29ClN2O2. The van der Waals surface area contributed by atoms with Crippen molar-refractivity contribution >= 4 is 23.4 Å². The van der Waals surface area contributed by atoms with E-state index in [1.54, 1.807) is 4.90 Å². The molecular weight excluding hydrogens is 396 g/mol. The van der Waals surface area contributed by atoms with Crippen molar-refractivity contribution in [3.63, 3.8) is 0 Å². The Morgan fingerprint density at radius 2 is 1.77 bits per heavy atom. The van der Waals surface area contributed by atoms with Gasteiger partial charge in [-0.25, -0.2) is 0 Å². The predicted octanol–water partition coefficient (Wildman–Crippen LogP) is 4.99. The van der Waals surface area contributed by atoms with Gasteiger partial charge in [-0.3, -0.25) is 9.59 Å². The molecule has 1 heterocycles. The Labute approximate surface area is 183 Å². The summed E-state index contributed by atoms with van der Waals surface area (Å²) in [6, 6.07) is 15.3. The summed E-state index contributed by atoms with van der Waals surface area (Å²) in [6.07, 6.45) is 4.79. The lowest BCUT2D eigenvalue weighted by atomic mass is 9.81. The molecule has 0 radical (unpaired) electrons. The zero-order valence-electron chi connectivity index (χ0n) is 17.7. The number of hydrogen-bond donors (Lipinski definition) is 1. The van der Waals surface area contributed by atoms with Gasteiger partial charge in [0.1, 0.15) is 5.54 Å². The second-order valence-corrected chi connectivity index (χ2v) is 9.49. The fourth-order valence-corrected chi connectivity index (χ4v) is 4.81. The number of nitrogens with one attached hydrogen (secondary N) is 1. The van der Waals surface area contributed by atoms with Gasteiger partial charge in [0.05, 0.1) is 0 Å². The summed E-state index contributed by atoms with van der Waals surface area (Å²) in [5.41, 5.74) is 1.64. The summed E-state index contributed by atoms with van der Waals surface area (Å²) in [5, 5.41) is 3.93. The highest BCUT2D eigenvalue weighted by molar-refractivity contribution is 6.30. The average molecular weight is 425 g/mol. The highest BCUT2D eigenvalue weighted by atomic mass is 35.5. The molecule has 0 saturated heterocycles. The third-order valence-electron chi connectivity index (χ3n) is 6.72. The number of hydrogen-bond acceptors (Lipinski definition) is 2. The molecule has 1 fully saturated rings. The highest BCUT2D eigenvalue weighted by Crippen LogP contribution is 2.34. The van der Waals surface area contributed by atoms with Crippen molar-refractivity contribution in [3.05, 3.63) is 70.2 Å². The van der Waals surface area contributed by atoms with Crippen LogP contribution < -0.4 is 5.32 Å². The number of carbonyl (C=O) groups is 2. The maximum atomic E-state index is 13.6. The second-order valence-electron chi connectivity index (χ2n) is 9.06. The predicted molar refractivity (Wildman–Crippen MR) is 119 cm³/mol. The van der Waals surface area contributed by atoms with E-state index >= 15 is 0 Å². The first-order valence-corrected chi connectivity index (χ1v) is 11.2. The summed E-state index contributed by atoms with van der Waals surface area (Å²) in [5.74, 6) is 0.568. The van der Waals surface area contributed by atoms with Crippen LogP contribution in [0, 0.1) is 5.92 Å². The molecule has 0 aromatic heterocycles. The Bertz CT molecular complexity index is 934. The molecule has 0 unspecified atom stereocenters. The molecule has 30 heavy (non-hydrogen) atoms. The van der Waals surface area contributed by atoms with E-state index in [0.29, 0.717) is 23.6 Å². The third kappa shape index (κ3) is 4.11. The molecule has 2 aliphatic rings. The fourth-order valence-electron chi connectivity index (χ4n) is 4.69. The van der Waals surface area contributed by atoms with Gasteiger partial charge in [0.15, 0.2) is 0 Å². The molecule has 4 rings (SSSR count). The number of fused-ring (bicyclic) bond motifs is 1. The van der Waals surface area contributed by atoms with Gasteiger partial charge in [-0.05, 0) is 67.9 Å². The van der Waals surface area contributed by atoms with Crippen molar-refractivity contribution in [2.45, 2.75) is 64.1 Å². The van der Waals surface area contributed by atoms with Gasteiger partial charge in [-0.15, -0.1) is 0 Å². The summed E-state index contributed by atoms with van der Waals surface area (Å²) in [7, 11) is 0. The maximum absolute atomic E-state index is 13.6. The van der Waals surface area contributed by atoms with Crippen molar-refractivity contribution in [3.8, 4) is 0 Å². The monoisotopic (exact) mass is 424 g/mol. The lowest BCUT2D eigenvalue weighted by Gasteiger charge is -2.45. The molecule has 1 saturated carbocycles. The van der Waals surface area contributed by atoms with Crippen LogP contribution in [-0.2, 0) is 17.8 Å². The number of rotatable bonds is 4. The van der Waals surface area contributed by atoms with Gasteiger partial charge in [0.25, 0.3) is 5.91 Å². The van der Waals surface area contributed by atoms with Gasteiger partial charge >= 0.3 is 0 Å². The maximum Gasteiger partial charge on any atom is 0.255 e. The average Bonchev–Trinajstić information content (AvgIpc) is 2.74. The first-order valence-electron chi connectivity index (χ1n) is 10.8. The Hall–Kier alpha value is -2.33. The van der Waals surface area contributed by atoms with Gasteiger partial charge in [0.2, 0.25) is 5.91 Å². The van der Waals surface area contributed by atoms with Crippen LogP contribution in [0.4, 0.5) is 0 Å².